The Bertz CT molecular complexity index is 484. The SMILES string of the molecule is CC1Cc2ccccc2N1CC(NC1CC1)C(N)=O. The van der Waals surface area contributed by atoms with E-state index < -0.39 is 0 Å². The van der Waals surface area contributed by atoms with Crippen molar-refractivity contribution in [2.45, 2.75) is 44.3 Å². The molecule has 1 amide bonds. The van der Waals surface area contributed by atoms with Crippen molar-refractivity contribution in [2.75, 3.05) is 11.4 Å². The molecule has 19 heavy (non-hydrogen) atoms. The second-order valence-electron chi connectivity index (χ2n) is 5.73. The van der Waals surface area contributed by atoms with Gasteiger partial charge in [-0.25, -0.2) is 0 Å². The summed E-state index contributed by atoms with van der Waals surface area (Å²) >= 11 is 0. The van der Waals surface area contributed by atoms with Crippen LogP contribution in [0.3, 0.4) is 0 Å². The van der Waals surface area contributed by atoms with Crippen molar-refractivity contribution in [3.05, 3.63) is 29.8 Å². The van der Waals surface area contributed by atoms with E-state index in [0.717, 1.165) is 19.3 Å². The van der Waals surface area contributed by atoms with Crippen LogP contribution in [0.5, 0.6) is 0 Å². The number of primary amides is 1. The monoisotopic (exact) mass is 259 g/mol. The van der Waals surface area contributed by atoms with Crippen molar-refractivity contribution in [2.24, 2.45) is 5.73 Å². The smallest absolute Gasteiger partial charge is 0.236 e. The maximum atomic E-state index is 11.6. The summed E-state index contributed by atoms with van der Waals surface area (Å²) in [6.07, 6.45) is 3.37. The number of carbonyl (C=O) groups excluding carboxylic acids is 1. The van der Waals surface area contributed by atoms with Gasteiger partial charge >= 0.3 is 0 Å². The maximum Gasteiger partial charge on any atom is 0.236 e. The average molecular weight is 259 g/mol. The molecule has 2 aliphatic rings. The topological polar surface area (TPSA) is 58.4 Å². The summed E-state index contributed by atoms with van der Waals surface area (Å²) in [5, 5.41) is 3.35. The lowest BCUT2D eigenvalue weighted by molar-refractivity contribution is -0.119. The minimum absolute atomic E-state index is 0.247. The van der Waals surface area contributed by atoms with Crippen LogP contribution in [0.2, 0.25) is 0 Å². The fourth-order valence-electron chi connectivity index (χ4n) is 2.86. The lowest BCUT2D eigenvalue weighted by atomic mass is 10.1. The van der Waals surface area contributed by atoms with Gasteiger partial charge in [-0.2, -0.15) is 0 Å². The third kappa shape index (κ3) is 2.59. The standard InChI is InChI=1S/C15H21N3O/c1-10-8-11-4-2-3-5-14(11)18(10)9-13(15(16)19)17-12-6-7-12/h2-5,10,12-13,17H,6-9H2,1H3,(H2,16,19). The highest BCUT2D eigenvalue weighted by Crippen LogP contribution is 2.32. The van der Waals surface area contributed by atoms with Gasteiger partial charge in [0.15, 0.2) is 0 Å². The quantitative estimate of drug-likeness (QED) is 0.831. The minimum atomic E-state index is -0.249. The predicted molar refractivity (Wildman–Crippen MR) is 76.1 cm³/mol. The summed E-state index contributed by atoms with van der Waals surface area (Å²) < 4.78 is 0. The zero-order valence-corrected chi connectivity index (χ0v) is 11.3. The Labute approximate surface area is 114 Å². The summed E-state index contributed by atoms with van der Waals surface area (Å²) in [5.41, 5.74) is 8.14. The van der Waals surface area contributed by atoms with Gasteiger partial charge in [-0.05, 0) is 37.8 Å². The number of para-hydroxylation sites is 1. The number of nitrogens with two attached hydrogens (primary N) is 1. The van der Waals surface area contributed by atoms with Gasteiger partial charge in [0, 0.05) is 24.3 Å². The van der Waals surface area contributed by atoms with Crippen molar-refractivity contribution in [3.8, 4) is 0 Å². The summed E-state index contributed by atoms with van der Waals surface area (Å²) in [5.74, 6) is -0.247. The second-order valence-corrected chi connectivity index (χ2v) is 5.73. The molecule has 4 heteroatoms. The highest BCUT2D eigenvalue weighted by atomic mass is 16.1. The number of nitrogens with zero attached hydrogens (tertiary/aromatic N) is 1. The number of nitrogens with one attached hydrogen (secondary N) is 1. The lowest BCUT2D eigenvalue weighted by Crippen LogP contribution is -2.51. The molecule has 1 saturated carbocycles. The third-order valence-corrected chi connectivity index (χ3v) is 4.09. The first-order valence-corrected chi connectivity index (χ1v) is 7.05. The molecule has 102 valence electrons. The number of fused-ring (bicyclic) bond motifs is 1. The summed E-state index contributed by atoms with van der Waals surface area (Å²) in [6, 6.07) is 9.10. The fraction of sp³-hybridized carbons (Fsp3) is 0.533. The number of hydrogen-bond donors (Lipinski definition) is 2. The van der Waals surface area contributed by atoms with Crippen LogP contribution in [0.4, 0.5) is 5.69 Å². The molecule has 3 N–H and O–H groups in total. The van der Waals surface area contributed by atoms with E-state index in [1.165, 1.54) is 11.3 Å². The first kappa shape index (κ1) is 12.5. The van der Waals surface area contributed by atoms with E-state index in [-0.39, 0.29) is 11.9 Å². The molecule has 0 spiro atoms. The Morgan fingerprint density at radius 1 is 1.47 bits per heavy atom. The molecule has 1 aromatic carbocycles. The predicted octanol–water partition coefficient (Wildman–Crippen LogP) is 1.04. The molecule has 1 aromatic rings. The molecule has 0 radical (unpaired) electrons. The third-order valence-electron chi connectivity index (χ3n) is 4.09. The van der Waals surface area contributed by atoms with E-state index in [2.05, 4.69) is 41.4 Å². The van der Waals surface area contributed by atoms with E-state index >= 15 is 0 Å². The Balaban J connectivity index is 1.75. The molecule has 1 fully saturated rings. The molecule has 3 rings (SSSR count). The highest BCUT2D eigenvalue weighted by molar-refractivity contribution is 5.81. The lowest BCUT2D eigenvalue weighted by Gasteiger charge is -2.29. The number of benzene rings is 1. The van der Waals surface area contributed by atoms with Crippen molar-refractivity contribution in [1.82, 2.24) is 5.32 Å². The first-order valence-electron chi connectivity index (χ1n) is 7.05. The van der Waals surface area contributed by atoms with Gasteiger partial charge in [0.05, 0.1) is 0 Å². The maximum absolute atomic E-state index is 11.6. The van der Waals surface area contributed by atoms with Gasteiger partial charge in [-0.15, -0.1) is 0 Å². The number of amides is 1. The van der Waals surface area contributed by atoms with Crippen molar-refractivity contribution >= 4 is 11.6 Å². The Morgan fingerprint density at radius 3 is 2.89 bits per heavy atom. The summed E-state index contributed by atoms with van der Waals surface area (Å²) in [7, 11) is 0. The zero-order chi connectivity index (χ0) is 13.4. The zero-order valence-electron chi connectivity index (χ0n) is 11.3. The molecule has 0 saturated heterocycles. The molecule has 1 heterocycles. The van der Waals surface area contributed by atoms with Gasteiger partial charge < -0.3 is 16.0 Å². The molecular formula is C15H21N3O. The van der Waals surface area contributed by atoms with Crippen LogP contribution in [0.15, 0.2) is 24.3 Å². The van der Waals surface area contributed by atoms with Crippen LogP contribution >= 0.6 is 0 Å². The van der Waals surface area contributed by atoms with Crippen LogP contribution in [0.25, 0.3) is 0 Å². The second kappa shape index (κ2) is 4.85. The summed E-state index contributed by atoms with van der Waals surface area (Å²) in [4.78, 5) is 13.9. The first-order chi connectivity index (χ1) is 9.15. The normalized spacial score (nSPS) is 23.2. The number of hydrogen-bond acceptors (Lipinski definition) is 3. The number of carbonyl (C=O) groups is 1. The van der Waals surface area contributed by atoms with E-state index in [0.29, 0.717) is 18.6 Å². The van der Waals surface area contributed by atoms with Crippen molar-refractivity contribution < 1.29 is 4.79 Å². The van der Waals surface area contributed by atoms with Crippen LogP contribution in [0, 0.1) is 0 Å². The molecule has 2 atom stereocenters. The number of anilines is 1. The Morgan fingerprint density at radius 2 is 2.21 bits per heavy atom. The highest BCUT2D eigenvalue weighted by Gasteiger charge is 2.32. The summed E-state index contributed by atoms with van der Waals surface area (Å²) in [6.45, 7) is 2.87. The Hall–Kier alpha value is -1.55. The van der Waals surface area contributed by atoms with E-state index in [1.54, 1.807) is 0 Å². The van der Waals surface area contributed by atoms with Crippen LogP contribution in [-0.4, -0.2) is 30.6 Å². The minimum Gasteiger partial charge on any atom is -0.368 e. The molecule has 0 bridgehead atoms. The molecule has 0 aromatic heterocycles. The average Bonchev–Trinajstić information content (AvgIpc) is 3.13. The van der Waals surface area contributed by atoms with Crippen LogP contribution in [-0.2, 0) is 11.2 Å². The van der Waals surface area contributed by atoms with E-state index in [4.69, 9.17) is 5.73 Å². The molecular weight excluding hydrogens is 238 g/mol. The van der Waals surface area contributed by atoms with Gasteiger partial charge in [0.25, 0.3) is 0 Å². The van der Waals surface area contributed by atoms with Gasteiger partial charge in [-0.3, -0.25) is 4.79 Å². The molecule has 1 aliphatic carbocycles. The molecule has 1 aliphatic heterocycles. The van der Waals surface area contributed by atoms with Gasteiger partial charge in [0.1, 0.15) is 6.04 Å². The molecule has 2 unspecified atom stereocenters. The van der Waals surface area contributed by atoms with Crippen LogP contribution in [0.1, 0.15) is 25.3 Å². The number of rotatable bonds is 5. The van der Waals surface area contributed by atoms with Crippen LogP contribution < -0.4 is 16.0 Å². The molecule has 4 nitrogen and oxygen atoms in total. The largest absolute Gasteiger partial charge is 0.368 e. The van der Waals surface area contributed by atoms with E-state index in [9.17, 15) is 4.79 Å². The fourth-order valence-corrected chi connectivity index (χ4v) is 2.86. The van der Waals surface area contributed by atoms with E-state index in [1.807, 2.05) is 0 Å². The van der Waals surface area contributed by atoms with Gasteiger partial charge in [0.2, 0.25) is 5.91 Å². The Kier molecular flexibility index (Phi) is 3.19. The van der Waals surface area contributed by atoms with Crippen molar-refractivity contribution in [1.29, 1.82) is 0 Å². The van der Waals surface area contributed by atoms with Crippen molar-refractivity contribution in [3.63, 3.8) is 0 Å². The van der Waals surface area contributed by atoms with Gasteiger partial charge in [-0.1, -0.05) is 18.2 Å².